The van der Waals surface area contributed by atoms with Crippen LogP contribution in [0.15, 0.2) is 24.3 Å². The SMILES string of the molecule is CC(C)NC(c1ccc(F)cc1)c1nc2c(s1)CCCC2. The van der Waals surface area contributed by atoms with Gasteiger partial charge in [0.1, 0.15) is 10.8 Å². The van der Waals surface area contributed by atoms with Crippen LogP contribution in [0, 0.1) is 5.82 Å². The van der Waals surface area contributed by atoms with Gasteiger partial charge in [0.25, 0.3) is 0 Å². The molecule has 1 aromatic carbocycles. The Morgan fingerprint density at radius 1 is 1.14 bits per heavy atom. The first kappa shape index (κ1) is 14.7. The topological polar surface area (TPSA) is 24.9 Å². The lowest BCUT2D eigenvalue weighted by atomic mass is 10.0. The van der Waals surface area contributed by atoms with Gasteiger partial charge in [0.15, 0.2) is 0 Å². The summed E-state index contributed by atoms with van der Waals surface area (Å²) >= 11 is 1.82. The molecule has 0 saturated heterocycles. The Morgan fingerprint density at radius 3 is 2.52 bits per heavy atom. The summed E-state index contributed by atoms with van der Waals surface area (Å²) in [5.74, 6) is -0.194. The van der Waals surface area contributed by atoms with Crippen molar-refractivity contribution in [2.75, 3.05) is 0 Å². The third kappa shape index (κ3) is 3.33. The molecular weight excluding hydrogens is 283 g/mol. The summed E-state index contributed by atoms with van der Waals surface area (Å²) < 4.78 is 13.2. The first-order valence-corrected chi connectivity index (χ1v) is 8.45. The Labute approximate surface area is 129 Å². The lowest BCUT2D eigenvalue weighted by Crippen LogP contribution is -2.29. The molecule has 4 heteroatoms. The Balaban J connectivity index is 1.95. The van der Waals surface area contributed by atoms with Crippen molar-refractivity contribution < 1.29 is 4.39 Å². The van der Waals surface area contributed by atoms with Crippen molar-refractivity contribution in [3.05, 3.63) is 51.2 Å². The monoisotopic (exact) mass is 304 g/mol. The van der Waals surface area contributed by atoms with Gasteiger partial charge < -0.3 is 5.32 Å². The number of nitrogens with one attached hydrogen (secondary N) is 1. The van der Waals surface area contributed by atoms with E-state index in [0.29, 0.717) is 6.04 Å². The second-order valence-electron chi connectivity index (χ2n) is 5.94. The average Bonchev–Trinajstić information content (AvgIpc) is 2.89. The summed E-state index contributed by atoms with van der Waals surface area (Å²) in [4.78, 5) is 6.30. The normalized spacial score (nSPS) is 16.0. The van der Waals surface area contributed by atoms with E-state index in [0.717, 1.165) is 23.4 Å². The number of halogens is 1. The van der Waals surface area contributed by atoms with Crippen LogP contribution in [0.5, 0.6) is 0 Å². The van der Waals surface area contributed by atoms with Gasteiger partial charge >= 0.3 is 0 Å². The van der Waals surface area contributed by atoms with Crippen LogP contribution in [0.2, 0.25) is 0 Å². The van der Waals surface area contributed by atoms with Gasteiger partial charge in [-0.05, 0) is 57.2 Å². The molecule has 1 unspecified atom stereocenters. The summed E-state index contributed by atoms with van der Waals surface area (Å²) in [6.07, 6.45) is 4.77. The van der Waals surface area contributed by atoms with E-state index in [4.69, 9.17) is 4.98 Å². The smallest absolute Gasteiger partial charge is 0.123 e. The maximum absolute atomic E-state index is 13.2. The minimum atomic E-state index is -0.194. The molecule has 2 aromatic rings. The summed E-state index contributed by atoms with van der Waals surface area (Å²) in [5, 5.41) is 4.68. The van der Waals surface area contributed by atoms with Gasteiger partial charge in [-0.1, -0.05) is 12.1 Å². The molecular formula is C17H21FN2S. The minimum Gasteiger partial charge on any atom is -0.302 e. The summed E-state index contributed by atoms with van der Waals surface area (Å²) in [7, 11) is 0. The van der Waals surface area contributed by atoms with Crippen LogP contribution in [0.1, 0.15) is 53.9 Å². The molecule has 0 bridgehead atoms. The Hall–Kier alpha value is -1.26. The van der Waals surface area contributed by atoms with Gasteiger partial charge in [-0.25, -0.2) is 9.37 Å². The third-order valence-corrected chi connectivity index (χ3v) is 5.03. The Bertz CT molecular complexity index is 580. The van der Waals surface area contributed by atoms with E-state index in [2.05, 4.69) is 19.2 Å². The number of benzene rings is 1. The number of rotatable bonds is 4. The molecule has 0 amide bonds. The number of hydrogen-bond donors (Lipinski definition) is 1. The van der Waals surface area contributed by atoms with Crippen molar-refractivity contribution in [3.8, 4) is 0 Å². The van der Waals surface area contributed by atoms with Crippen molar-refractivity contribution in [2.45, 2.75) is 51.6 Å². The van der Waals surface area contributed by atoms with Crippen molar-refractivity contribution in [1.82, 2.24) is 10.3 Å². The lowest BCUT2D eigenvalue weighted by molar-refractivity contribution is 0.524. The highest BCUT2D eigenvalue weighted by atomic mass is 32.1. The molecule has 1 atom stereocenters. The number of aromatic nitrogens is 1. The van der Waals surface area contributed by atoms with Crippen LogP contribution >= 0.6 is 11.3 Å². The fraction of sp³-hybridized carbons (Fsp3) is 0.471. The zero-order chi connectivity index (χ0) is 14.8. The van der Waals surface area contributed by atoms with Gasteiger partial charge in [0.05, 0.1) is 11.7 Å². The largest absolute Gasteiger partial charge is 0.302 e. The van der Waals surface area contributed by atoms with Gasteiger partial charge in [-0.3, -0.25) is 0 Å². The maximum Gasteiger partial charge on any atom is 0.123 e. The quantitative estimate of drug-likeness (QED) is 0.913. The average molecular weight is 304 g/mol. The van der Waals surface area contributed by atoms with Crippen LogP contribution in [-0.2, 0) is 12.8 Å². The molecule has 0 aliphatic heterocycles. The molecule has 1 aromatic heterocycles. The number of thiazole rings is 1. The number of fused-ring (bicyclic) bond motifs is 1. The zero-order valence-corrected chi connectivity index (χ0v) is 13.3. The fourth-order valence-electron chi connectivity index (χ4n) is 2.79. The fourth-order valence-corrected chi connectivity index (χ4v) is 4.04. The van der Waals surface area contributed by atoms with Crippen LogP contribution in [0.4, 0.5) is 4.39 Å². The first-order valence-electron chi connectivity index (χ1n) is 7.63. The number of aryl methyl sites for hydroxylation is 2. The molecule has 2 nitrogen and oxygen atoms in total. The van der Waals surface area contributed by atoms with Gasteiger partial charge in [0.2, 0.25) is 0 Å². The summed E-state index contributed by atoms with van der Waals surface area (Å²) in [6, 6.07) is 7.17. The summed E-state index contributed by atoms with van der Waals surface area (Å²) in [6.45, 7) is 4.26. The van der Waals surface area contributed by atoms with Crippen LogP contribution in [-0.4, -0.2) is 11.0 Å². The van der Waals surface area contributed by atoms with E-state index >= 15 is 0 Å². The predicted octanol–water partition coefficient (Wildman–Crippen LogP) is 4.25. The first-order chi connectivity index (χ1) is 10.1. The summed E-state index contributed by atoms with van der Waals surface area (Å²) in [5.41, 5.74) is 2.36. The second-order valence-corrected chi connectivity index (χ2v) is 7.05. The molecule has 21 heavy (non-hydrogen) atoms. The van der Waals surface area contributed by atoms with Crippen molar-refractivity contribution in [3.63, 3.8) is 0 Å². The standard InChI is InChI=1S/C17H21FN2S/c1-11(2)19-16(12-7-9-13(18)10-8-12)17-20-14-5-3-4-6-15(14)21-17/h7-11,16,19H,3-6H2,1-2H3. The van der Waals surface area contributed by atoms with E-state index < -0.39 is 0 Å². The number of nitrogens with zero attached hydrogens (tertiary/aromatic N) is 1. The van der Waals surface area contributed by atoms with E-state index in [1.54, 1.807) is 0 Å². The van der Waals surface area contributed by atoms with E-state index in [-0.39, 0.29) is 11.9 Å². The van der Waals surface area contributed by atoms with Gasteiger partial charge in [-0.15, -0.1) is 11.3 Å². The molecule has 1 aliphatic carbocycles. The molecule has 1 aliphatic rings. The van der Waals surface area contributed by atoms with Crippen molar-refractivity contribution in [2.24, 2.45) is 0 Å². The highest BCUT2D eigenvalue weighted by Crippen LogP contribution is 2.32. The maximum atomic E-state index is 13.2. The van der Waals surface area contributed by atoms with E-state index in [9.17, 15) is 4.39 Å². The lowest BCUT2D eigenvalue weighted by Gasteiger charge is -2.19. The van der Waals surface area contributed by atoms with Crippen LogP contribution in [0.3, 0.4) is 0 Å². The molecule has 0 saturated carbocycles. The highest BCUT2D eigenvalue weighted by molar-refractivity contribution is 7.11. The van der Waals surface area contributed by atoms with E-state index in [1.807, 2.05) is 23.5 Å². The third-order valence-electron chi connectivity index (χ3n) is 3.81. The second kappa shape index (κ2) is 6.24. The minimum absolute atomic E-state index is 0.0567. The van der Waals surface area contributed by atoms with E-state index in [1.165, 1.54) is 35.5 Å². The van der Waals surface area contributed by atoms with Gasteiger partial charge in [-0.2, -0.15) is 0 Å². The molecule has 0 spiro atoms. The zero-order valence-electron chi connectivity index (χ0n) is 12.5. The predicted molar refractivity (Wildman–Crippen MR) is 85.3 cm³/mol. The molecule has 112 valence electrons. The highest BCUT2D eigenvalue weighted by Gasteiger charge is 2.22. The molecule has 1 N–H and O–H groups in total. The molecule has 3 rings (SSSR count). The molecule has 1 heterocycles. The van der Waals surface area contributed by atoms with Crippen LogP contribution < -0.4 is 5.32 Å². The molecule has 0 radical (unpaired) electrons. The Kier molecular flexibility index (Phi) is 4.36. The van der Waals surface area contributed by atoms with Gasteiger partial charge in [0, 0.05) is 10.9 Å². The van der Waals surface area contributed by atoms with Crippen LogP contribution in [0.25, 0.3) is 0 Å². The van der Waals surface area contributed by atoms with Crippen molar-refractivity contribution >= 4 is 11.3 Å². The number of hydrogen-bond acceptors (Lipinski definition) is 3. The Morgan fingerprint density at radius 2 is 1.86 bits per heavy atom. The van der Waals surface area contributed by atoms with Crippen molar-refractivity contribution in [1.29, 1.82) is 0 Å². The molecule has 0 fully saturated rings.